The first-order valence-corrected chi connectivity index (χ1v) is 6.17. The van der Waals surface area contributed by atoms with Gasteiger partial charge in [-0.3, -0.25) is 0 Å². The first-order chi connectivity index (χ1) is 9.67. The highest BCUT2D eigenvalue weighted by Gasteiger charge is 2.15. The smallest absolute Gasteiger partial charge is 0.108 e. The second-order valence-corrected chi connectivity index (χ2v) is 4.35. The van der Waals surface area contributed by atoms with Crippen LogP contribution in [0.3, 0.4) is 0 Å². The first-order valence-electron chi connectivity index (χ1n) is 6.17. The van der Waals surface area contributed by atoms with Crippen molar-refractivity contribution in [2.24, 2.45) is 29.5 Å². The zero-order valence-electron chi connectivity index (χ0n) is 11.7. The largest absolute Gasteiger partial charge is 0.373 e. The minimum Gasteiger partial charge on any atom is -0.373 e. The maximum Gasteiger partial charge on any atom is 0.108 e. The summed E-state index contributed by atoms with van der Waals surface area (Å²) in [5.41, 5.74) is 0. The molecule has 0 saturated heterocycles. The third kappa shape index (κ3) is 10.4. The average molecular weight is 298 g/mol. The minimum absolute atomic E-state index is 0.117. The van der Waals surface area contributed by atoms with E-state index in [1.54, 1.807) is 0 Å². The number of rotatable bonds is 14. The van der Waals surface area contributed by atoms with Crippen LogP contribution in [0.25, 0.3) is 0 Å². The van der Waals surface area contributed by atoms with Crippen molar-refractivity contribution in [3.63, 3.8) is 0 Å². The molecular weight excluding hydrogens is 272 g/mol. The summed E-state index contributed by atoms with van der Waals surface area (Å²) in [7, 11) is 0. The van der Waals surface area contributed by atoms with Gasteiger partial charge in [0.25, 0.3) is 0 Å². The lowest BCUT2D eigenvalue weighted by Crippen LogP contribution is -2.33. The Labute approximate surface area is 118 Å². The number of hydrogen-bond acceptors (Lipinski definition) is 10. The Kier molecular flexibility index (Phi) is 13.3. The molecule has 0 aromatic heterocycles. The molecule has 0 aromatic rings. The highest BCUT2D eigenvalue weighted by atomic mass is 16.7. The molecule has 0 aliphatic carbocycles. The zero-order chi connectivity index (χ0) is 15.2. The van der Waals surface area contributed by atoms with Crippen LogP contribution in [0.1, 0.15) is 6.92 Å². The quantitative estimate of drug-likeness (QED) is 0.263. The van der Waals surface area contributed by atoms with E-state index in [2.05, 4.69) is 19.4 Å². The standard InChI is InChI=1S/C10H26N4O6/c1-8(2-15-9(4-17-11)5-18-12)3-16-10(6-19-13)7-20-14/h8-10H,2-7,11-14H2,1H3. The van der Waals surface area contributed by atoms with Crippen LogP contribution in [0.4, 0.5) is 0 Å². The third-order valence-electron chi connectivity index (χ3n) is 2.36. The molecule has 0 heterocycles. The molecule has 20 heavy (non-hydrogen) atoms. The Hall–Kier alpha value is -0.400. The summed E-state index contributed by atoms with van der Waals surface area (Å²) in [6.45, 7) is 3.57. The highest BCUT2D eigenvalue weighted by Crippen LogP contribution is 2.04. The van der Waals surface area contributed by atoms with Gasteiger partial charge in [0.1, 0.15) is 12.2 Å². The summed E-state index contributed by atoms with van der Waals surface area (Å²) < 4.78 is 11.1. The van der Waals surface area contributed by atoms with Crippen molar-refractivity contribution in [2.45, 2.75) is 19.1 Å². The topological polar surface area (TPSA) is 159 Å². The van der Waals surface area contributed by atoms with Crippen molar-refractivity contribution in [1.29, 1.82) is 0 Å². The maximum atomic E-state index is 5.54. The van der Waals surface area contributed by atoms with E-state index in [0.717, 1.165) is 0 Å². The summed E-state index contributed by atoms with van der Waals surface area (Å²) in [5.74, 6) is 20.0. The van der Waals surface area contributed by atoms with Gasteiger partial charge in [0.15, 0.2) is 0 Å². The molecule has 0 rings (SSSR count). The van der Waals surface area contributed by atoms with Gasteiger partial charge in [-0.2, -0.15) is 0 Å². The molecule has 0 aromatic carbocycles. The minimum atomic E-state index is -0.331. The molecule has 0 amide bonds. The summed E-state index contributed by atoms with van der Waals surface area (Å²) in [4.78, 5) is 18.0. The lowest BCUT2D eigenvalue weighted by atomic mass is 10.2. The molecule has 0 unspecified atom stereocenters. The van der Waals surface area contributed by atoms with E-state index in [1.165, 1.54) is 0 Å². The van der Waals surface area contributed by atoms with Gasteiger partial charge in [-0.25, -0.2) is 23.6 Å². The Morgan fingerprint density at radius 2 is 0.900 bits per heavy atom. The Bertz CT molecular complexity index is 182. The van der Waals surface area contributed by atoms with Gasteiger partial charge in [-0.1, -0.05) is 6.92 Å². The van der Waals surface area contributed by atoms with E-state index in [0.29, 0.717) is 13.2 Å². The molecular formula is C10H26N4O6. The molecule has 10 heteroatoms. The van der Waals surface area contributed by atoms with Crippen molar-refractivity contribution in [1.82, 2.24) is 0 Å². The van der Waals surface area contributed by atoms with E-state index < -0.39 is 0 Å². The molecule has 0 saturated carbocycles. The molecule has 0 fully saturated rings. The van der Waals surface area contributed by atoms with Crippen LogP contribution >= 0.6 is 0 Å². The summed E-state index contributed by atoms with van der Waals surface area (Å²) in [6, 6.07) is 0. The molecule has 10 nitrogen and oxygen atoms in total. The molecule has 122 valence electrons. The van der Waals surface area contributed by atoms with E-state index in [4.69, 9.17) is 33.1 Å². The monoisotopic (exact) mass is 298 g/mol. The number of hydrogen-bond donors (Lipinski definition) is 4. The normalized spacial score (nSPS) is 12.0. The Morgan fingerprint density at radius 3 is 1.15 bits per heavy atom. The van der Waals surface area contributed by atoms with Crippen LogP contribution in [0.5, 0.6) is 0 Å². The maximum absolute atomic E-state index is 5.54. The van der Waals surface area contributed by atoms with E-state index in [1.807, 2.05) is 6.92 Å². The van der Waals surface area contributed by atoms with E-state index in [9.17, 15) is 0 Å². The SMILES string of the molecule is CC(COC(CON)CON)COC(CON)CON. The van der Waals surface area contributed by atoms with Gasteiger partial charge < -0.3 is 28.8 Å². The summed E-state index contributed by atoms with van der Waals surface area (Å²) in [6.07, 6.45) is -0.661. The van der Waals surface area contributed by atoms with Crippen molar-refractivity contribution < 1.29 is 28.8 Å². The Morgan fingerprint density at radius 1 is 0.600 bits per heavy atom. The fraction of sp³-hybridized carbons (Fsp3) is 1.00. The lowest BCUT2D eigenvalue weighted by molar-refractivity contribution is -0.0950. The number of ether oxygens (including phenoxy) is 2. The fourth-order valence-corrected chi connectivity index (χ4v) is 1.37. The molecule has 0 aliphatic heterocycles. The van der Waals surface area contributed by atoms with Crippen molar-refractivity contribution >= 4 is 0 Å². The van der Waals surface area contributed by atoms with Gasteiger partial charge in [-0.15, -0.1) is 0 Å². The van der Waals surface area contributed by atoms with Gasteiger partial charge >= 0.3 is 0 Å². The molecule has 0 aliphatic rings. The van der Waals surface area contributed by atoms with Crippen LogP contribution in [-0.2, 0) is 28.8 Å². The molecule has 0 atom stereocenters. The van der Waals surface area contributed by atoms with Crippen molar-refractivity contribution in [3.05, 3.63) is 0 Å². The van der Waals surface area contributed by atoms with Crippen molar-refractivity contribution in [2.75, 3.05) is 39.6 Å². The zero-order valence-corrected chi connectivity index (χ0v) is 11.7. The third-order valence-corrected chi connectivity index (χ3v) is 2.36. The van der Waals surface area contributed by atoms with Crippen LogP contribution in [-0.4, -0.2) is 51.8 Å². The van der Waals surface area contributed by atoms with Gasteiger partial charge in [0, 0.05) is 5.92 Å². The average Bonchev–Trinajstić information content (AvgIpc) is 2.43. The van der Waals surface area contributed by atoms with Gasteiger partial charge in [0.2, 0.25) is 0 Å². The molecule has 0 spiro atoms. The second-order valence-electron chi connectivity index (χ2n) is 4.35. The Balaban J connectivity index is 3.86. The second kappa shape index (κ2) is 13.6. The van der Waals surface area contributed by atoms with Gasteiger partial charge in [0.05, 0.1) is 39.6 Å². The van der Waals surface area contributed by atoms with E-state index in [-0.39, 0.29) is 44.6 Å². The van der Waals surface area contributed by atoms with Crippen LogP contribution < -0.4 is 23.6 Å². The molecule has 8 N–H and O–H groups in total. The number of nitrogens with two attached hydrogens (primary N) is 4. The molecule has 0 radical (unpaired) electrons. The van der Waals surface area contributed by atoms with E-state index >= 15 is 0 Å². The fourth-order valence-electron chi connectivity index (χ4n) is 1.37. The van der Waals surface area contributed by atoms with Crippen LogP contribution in [0.15, 0.2) is 0 Å². The van der Waals surface area contributed by atoms with Crippen LogP contribution in [0, 0.1) is 5.92 Å². The van der Waals surface area contributed by atoms with Crippen LogP contribution in [0.2, 0.25) is 0 Å². The molecule has 0 bridgehead atoms. The lowest BCUT2D eigenvalue weighted by Gasteiger charge is -2.21. The van der Waals surface area contributed by atoms with Gasteiger partial charge in [-0.05, 0) is 0 Å². The summed E-state index contributed by atoms with van der Waals surface area (Å²) >= 11 is 0. The highest BCUT2D eigenvalue weighted by molar-refractivity contribution is 4.59. The summed E-state index contributed by atoms with van der Waals surface area (Å²) in [5, 5.41) is 0. The predicted molar refractivity (Wildman–Crippen MR) is 69.2 cm³/mol. The van der Waals surface area contributed by atoms with Crippen molar-refractivity contribution in [3.8, 4) is 0 Å². The predicted octanol–water partition coefficient (Wildman–Crippen LogP) is -2.05. The first kappa shape index (κ1) is 19.6.